The smallest absolute Gasteiger partial charge is 0.291 e. The number of carbonyl (C=O) groups is 1. The third kappa shape index (κ3) is 2.23. The van der Waals surface area contributed by atoms with Gasteiger partial charge in [-0.05, 0) is 31.6 Å². The molecule has 0 aliphatic heterocycles. The monoisotopic (exact) mass is 222 g/mol. The summed E-state index contributed by atoms with van der Waals surface area (Å²) in [7, 11) is 1.85. The molecule has 1 aliphatic carbocycles. The molecular formula is C11H18N4O. The molecule has 5 nitrogen and oxygen atoms in total. The highest BCUT2D eigenvalue weighted by Gasteiger charge is 2.26. The summed E-state index contributed by atoms with van der Waals surface area (Å²) >= 11 is 0. The summed E-state index contributed by atoms with van der Waals surface area (Å²) in [6.45, 7) is 2.27. The highest BCUT2D eigenvalue weighted by atomic mass is 16.2. The van der Waals surface area contributed by atoms with E-state index in [1.54, 1.807) is 4.90 Å². The third-order valence-electron chi connectivity index (χ3n) is 3.47. The highest BCUT2D eigenvalue weighted by Crippen LogP contribution is 2.26. The number of aromatic nitrogens is 3. The van der Waals surface area contributed by atoms with Gasteiger partial charge in [0.1, 0.15) is 6.33 Å². The van der Waals surface area contributed by atoms with Gasteiger partial charge in [-0.3, -0.25) is 9.89 Å². The molecule has 1 aromatic heterocycles. The molecule has 0 atom stereocenters. The Balaban J connectivity index is 1.97. The van der Waals surface area contributed by atoms with Crippen molar-refractivity contribution in [3.63, 3.8) is 0 Å². The number of aromatic amines is 1. The molecule has 1 aromatic rings. The van der Waals surface area contributed by atoms with Gasteiger partial charge in [0, 0.05) is 13.1 Å². The molecule has 0 unspecified atom stereocenters. The molecule has 0 spiro atoms. The Morgan fingerprint density at radius 1 is 1.44 bits per heavy atom. The Kier molecular flexibility index (Phi) is 3.22. The second-order valence-electron chi connectivity index (χ2n) is 4.66. The normalized spacial score (nSPS) is 25.4. The molecule has 1 fully saturated rings. The average Bonchev–Trinajstić information content (AvgIpc) is 2.81. The first-order valence-electron chi connectivity index (χ1n) is 5.81. The van der Waals surface area contributed by atoms with Crippen molar-refractivity contribution in [3.05, 3.63) is 12.2 Å². The van der Waals surface area contributed by atoms with Crippen LogP contribution in [-0.2, 0) is 0 Å². The van der Waals surface area contributed by atoms with E-state index >= 15 is 0 Å². The number of carbonyl (C=O) groups excluding carboxylic acids is 1. The minimum Gasteiger partial charge on any atom is -0.336 e. The first kappa shape index (κ1) is 11.1. The van der Waals surface area contributed by atoms with Gasteiger partial charge in [-0.15, -0.1) is 0 Å². The molecule has 88 valence electrons. The molecule has 1 amide bonds. The first-order valence-corrected chi connectivity index (χ1v) is 5.81. The van der Waals surface area contributed by atoms with Crippen molar-refractivity contribution in [2.45, 2.75) is 38.6 Å². The largest absolute Gasteiger partial charge is 0.336 e. The minimum atomic E-state index is -0.0583. The predicted octanol–water partition coefficient (Wildman–Crippen LogP) is 1.46. The number of hydrogen-bond donors (Lipinski definition) is 1. The zero-order valence-electron chi connectivity index (χ0n) is 9.81. The van der Waals surface area contributed by atoms with Gasteiger partial charge in [0.15, 0.2) is 0 Å². The fraction of sp³-hybridized carbons (Fsp3) is 0.727. The van der Waals surface area contributed by atoms with E-state index in [0.29, 0.717) is 11.9 Å². The lowest BCUT2D eigenvalue weighted by molar-refractivity contribution is 0.0667. The second kappa shape index (κ2) is 4.63. The summed E-state index contributed by atoms with van der Waals surface area (Å²) in [4.78, 5) is 17.7. The van der Waals surface area contributed by atoms with Crippen LogP contribution in [0.1, 0.15) is 43.2 Å². The molecule has 5 heteroatoms. The Labute approximate surface area is 95.2 Å². The number of nitrogens with zero attached hydrogens (tertiary/aromatic N) is 3. The van der Waals surface area contributed by atoms with E-state index in [1.165, 1.54) is 19.2 Å². The number of rotatable bonds is 2. The second-order valence-corrected chi connectivity index (χ2v) is 4.66. The van der Waals surface area contributed by atoms with E-state index in [2.05, 4.69) is 22.1 Å². The molecule has 2 rings (SSSR count). The highest BCUT2D eigenvalue weighted by molar-refractivity contribution is 5.90. The zero-order valence-corrected chi connectivity index (χ0v) is 9.81. The molecule has 1 heterocycles. The van der Waals surface area contributed by atoms with Crippen molar-refractivity contribution >= 4 is 5.91 Å². The van der Waals surface area contributed by atoms with Crippen LogP contribution in [0.2, 0.25) is 0 Å². The Morgan fingerprint density at radius 3 is 2.69 bits per heavy atom. The summed E-state index contributed by atoms with van der Waals surface area (Å²) in [5.41, 5.74) is 0. The van der Waals surface area contributed by atoms with Crippen LogP contribution in [0.25, 0.3) is 0 Å². The van der Waals surface area contributed by atoms with E-state index in [4.69, 9.17) is 0 Å². The molecule has 0 radical (unpaired) electrons. The molecule has 1 aliphatic rings. The van der Waals surface area contributed by atoms with Gasteiger partial charge in [-0.1, -0.05) is 6.92 Å². The van der Waals surface area contributed by atoms with Crippen molar-refractivity contribution in [1.29, 1.82) is 0 Å². The van der Waals surface area contributed by atoms with Crippen molar-refractivity contribution in [1.82, 2.24) is 20.1 Å². The maximum Gasteiger partial charge on any atom is 0.291 e. The van der Waals surface area contributed by atoms with Crippen LogP contribution in [-0.4, -0.2) is 39.1 Å². The van der Waals surface area contributed by atoms with Crippen molar-refractivity contribution in [2.75, 3.05) is 7.05 Å². The van der Waals surface area contributed by atoms with Gasteiger partial charge in [0.25, 0.3) is 5.91 Å². The lowest BCUT2D eigenvalue weighted by Crippen LogP contribution is -2.39. The van der Waals surface area contributed by atoms with E-state index in [1.807, 2.05) is 7.05 Å². The predicted molar refractivity (Wildman–Crippen MR) is 59.9 cm³/mol. The molecule has 0 saturated heterocycles. The summed E-state index contributed by atoms with van der Waals surface area (Å²) in [5.74, 6) is 1.07. The Bertz CT molecular complexity index is 341. The van der Waals surface area contributed by atoms with E-state index in [0.717, 1.165) is 18.8 Å². The van der Waals surface area contributed by atoms with Gasteiger partial charge in [-0.2, -0.15) is 5.10 Å². The van der Waals surface area contributed by atoms with E-state index in [9.17, 15) is 4.79 Å². The summed E-state index contributed by atoms with van der Waals surface area (Å²) < 4.78 is 0. The molecule has 1 N–H and O–H groups in total. The Hall–Kier alpha value is -1.39. The van der Waals surface area contributed by atoms with E-state index in [-0.39, 0.29) is 5.91 Å². The lowest BCUT2D eigenvalue weighted by Gasteiger charge is -2.33. The standard InChI is InChI=1S/C11H18N4O/c1-8-3-5-9(6-4-8)15(2)11(16)10-12-7-13-14-10/h7-9H,3-6H2,1-2H3,(H,12,13,14). The molecular weight excluding hydrogens is 204 g/mol. The van der Waals surface area contributed by atoms with Gasteiger partial charge < -0.3 is 4.90 Å². The molecule has 1 saturated carbocycles. The molecule has 16 heavy (non-hydrogen) atoms. The molecule has 0 aromatic carbocycles. The van der Waals surface area contributed by atoms with Crippen LogP contribution in [0.15, 0.2) is 6.33 Å². The summed E-state index contributed by atoms with van der Waals surface area (Å²) in [6.07, 6.45) is 5.97. The third-order valence-corrected chi connectivity index (χ3v) is 3.47. The molecule has 0 bridgehead atoms. The van der Waals surface area contributed by atoms with Crippen molar-refractivity contribution in [3.8, 4) is 0 Å². The maximum absolute atomic E-state index is 12.0. The van der Waals surface area contributed by atoms with Gasteiger partial charge >= 0.3 is 0 Å². The fourth-order valence-electron chi connectivity index (χ4n) is 2.27. The van der Waals surface area contributed by atoms with Gasteiger partial charge in [0.05, 0.1) is 0 Å². The summed E-state index contributed by atoms with van der Waals surface area (Å²) in [6, 6.07) is 0.355. The van der Waals surface area contributed by atoms with Crippen molar-refractivity contribution < 1.29 is 4.79 Å². The summed E-state index contributed by atoms with van der Waals surface area (Å²) in [5, 5.41) is 6.31. The Morgan fingerprint density at radius 2 is 2.12 bits per heavy atom. The van der Waals surface area contributed by atoms with Gasteiger partial charge in [-0.25, -0.2) is 4.98 Å². The van der Waals surface area contributed by atoms with Crippen LogP contribution >= 0.6 is 0 Å². The van der Waals surface area contributed by atoms with Crippen LogP contribution in [0.5, 0.6) is 0 Å². The maximum atomic E-state index is 12.0. The van der Waals surface area contributed by atoms with Crippen LogP contribution in [0, 0.1) is 5.92 Å². The quantitative estimate of drug-likeness (QED) is 0.824. The van der Waals surface area contributed by atoms with Crippen molar-refractivity contribution in [2.24, 2.45) is 5.92 Å². The number of nitrogens with one attached hydrogen (secondary N) is 1. The fourth-order valence-corrected chi connectivity index (χ4v) is 2.27. The SMILES string of the molecule is CC1CCC(N(C)C(=O)c2ncn[nH]2)CC1. The van der Waals surface area contributed by atoms with Gasteiger partial charge in [0.2, 0.25) is 5.82 Å². The first-order chi connectivity index (χ1) is 7.68. The van der Waals surface area contributed by atoms with Crippen LogP contribution in [0.4, 0.5) is 0 Å². The van der Waals surface area contributed by atoms with Crippen LogP contribution < -0.4 is 0 Å². The number of H-pyrrole nitrogens is 1. The number of hydrogen-bond acceptors (Lipinski definition) is 3. The minimum absolute atomic E-state index is 0.0583. The number of amides is 1. The van der Waals surface area contributed by atoms with Crippen LogP contribution in [0.3, 0.4) is 0 Å². The average molecular weight is 222 g/mol. The topological polar surface area (TPSA) is 61.9 Å². The lowest BCUT2D eigenvalue weighted by atomic mass is 9.87. The van der Waals surface area contributed by atoms with E-state index < -0.39 is 0 Å². The zero-order chi connectivity index (χ0) is 11.5.